The van der Waals surface area contributed by atoms with Crippen LogP contribution in [0.4, 0.5) is 4.79 Å². The van der Waals surface area contributed by atoms with Crippen LogP contribution >= 0.6 is 0 Å². The molecule has 4 atom stereocenters. The van der Waals surface area contributed by atoms with Crippen molar-refractivity contribution >= 4 is 6.09 Å². The average Bonchev–Trinajstić information content (AvgIpc) is 2.84. The van der Waals surface area contributed by atoms with Gasteiger partial charge in [0.1, 0.15) is 5.60 Å². The van der Waals surface area contributed by atoms with Gasteiger partial charge in [0.05, 0.1) is 0 Å². The highest BCUT2D eigenvalue weighted by Crippen LogP contribution is 2.32. The fourth-order valence-electron chi connectivity index (χ4n) is 3.02. The molecule has 2 fully saturated rings. The second-order valence-corrected chi connectivity index (χ2v) is 6.97. The molecule has 0 aromatic heterocycles. The number of hydrogen-bond acceptors (Lipinski definition) is 3. The molecule has 0 aromatic rings. The Balaban J connectivity index is 1.68. The predicted molar refractivity (Wildman–Crippen MR) is 76.1 cm³/mol. The van der Waals surface area contributed by atoms with E-state index in [4.69, 9.17) is 4.74 Å². The van der Waals surface area contributed by atoms with Crippen molar-refractivity contribution in [1.29, 1.82) is 0 Å². The molecule has 2 aliphatic rings. The summed E-state index contributed by atoms with van der Waals surface area (Å²) in [7, 11) is 0. The van der Waals surface area contributed by atoms with Gasteiger partial charge in [0.15, 0.2) is 0 Å². The lowest BCUT2D eigenvalue weighted by atomic mass is 10.0. The Morgan fingerprint density at radius 2 is 1.95 bits per heavy atom. The second-order valence-electron chi connectivity index (χ2n) is 6.97. The molecule has 19 heavy (non-hydrogen) atoms. The number of hydrogen-bond donors (Lipinski definition) is 2. The summed E-state index contributed by atoms with van der Waals surface area (Å²) in [6.07, 6.45) is 5.98. The molecule has 2 saturated carbocycles. The van der Waals surface area contributed by atoms with E-state index in [-0.39, 0.29) is 12.1 Å². The maximum atomic E-state index is 11.7. The molecule has 2 aliphatic carbocycles. The van der Waals surface area contributed by atoms with Gasteiger partial charge in [0.2, 0.25) is 0 Å². The van der Waals surface area contributed by atoms with Gasteiger partial charge in [-0.1, -0.05) is 19.8 Å². The van der Waals surface area contributed by atoms with Crippen molar-refractivity contribution in [2.24, 2.45) is 5.92 Å². The molecule has 4 heteroatoms. The van der Waals surface area contributed by atoms with E-state index in [0.717, 1.165) is 12.3 Å². The largest absolute Gasteiger partial charge is 0.444 e. The molecule has 4 unspecified atom stereocenters. The zero-order chi connectivity index (χ0) is 14.0. The molecule has 0 spiro atoms. The van der Waals surface area contributed by atoms with Crippen LogP contribution < -0.4 is 10.6 Å². The van der Waals surface area contributed by atoms with Crippen molar-refractivity contribution in [1.82, 2.24) is 10.6 Å². The molecular formula is C15H28N2O2. The summed E-state index contributed by atoms with van der Waals surface area (Å²) >= 11 is 0. The van der Waals surface area contributed by atoms with Crippen molar-refractivity contribution in [2.75, 3.05) is 0 Å². The van der Waals surface area contributed by atoms with E-state index >= 15 is 0 Å². The van der Waals surface area contributed by atoms with E-state index in [1.807, 2.05) is 20.8 Å². The number of ether oxygens (including phenoxy) is 1. The smallest absolute Gasteiger partial charge is 0.407 e. The third-order valence-corrected chi connectivity index (χ3v) is 4.10. The van der Waals surface area contributed by atoms with Gasteiger partial charge in [-0.05, 0) is 46.0 Å². The minimum atomic E-state index is -0.416. The zero-order valence-electron chi connectivity index (χ0n) is 12.7. The van der Waals surface area contributed by atoms with E-state index in [1.54, 1.807) is 0 Å². The topological polar surface area (TPSA) is 50.4 Å². The Hall–Kier alpha value is -0.770. The lowest BCUT2D eigenvalue weighted by Gasteiger charge is -2.21. The molecule has 0 saturated heterocycles. The van der Waals surface area contributed by atoms with Crippen LogP contribution in [0.2, 0.25) is 0 Å². The Kier molecular flexibility index (Phi) is 4.39. The monoisotopic (exact) mass is 268 g/mol. The van der Waals surface area contributed by atoms with E-state index in [2.05, 4.69) is 17.6 Å². The summed E-state index contributed by atoms with van der Waals surface area (Å²) in [6.45, 7) is 7.94. The SMILES string of the molecule is CCC1CCCC1NC1CC1NC(=O)OC(C)(C)C. The molecule has 110 valence electrons. The van der Waals surface area contributed by atoms with E-state index in [1.165, 1.54) is 25.7 Å². The predicted octanol–water partition coefficient (Wildman–Crippen LogP) is 2.82. The third-order valence-electron chi connectivity index (χ3n) is 4.10. The molecule has 0 aromatic carbocycles. The fourth-order valence-corrected chi connectivity index (χ4v) is 3.02. The summed E-state index contributed by atoms with van der Waals surface area (Å²) in [5.74, 6) is 0.822. The van der Waals surface area contributed by atoms with Crippen LogP contribution in [0.3, 0.4) is 0 Å². The number of carbonyl (C=O) groups excluding carboxylic acids is 1. The maximum Gasteiger partial charge on any atom is 0.407 e. The van der Waals surface area contributed by atoms with Crippen LogP contribution in [0.25, 0.3) is 0 Å². The number of nitrogens with one attached hydrogen (secondary N) is 2. The van der Waals surface area contributed by atoms with Crippen molar-refractivity contribution in [3.05, 3.63) is 0 Å². The first-order valence-electron chi connectivity index (χ1n) is 7.64. The van der Waals surface area contributed by atoms with Crippen LogP contribution in [-0.2, 0) is 4.74 Å². The first-order valence-corrected chi connectivity index (χ1v) is 7.64. The van der Waals surface area contributed by atoms with Crippen LogP contribution in [0, 0.1) is 5.92 Å². The van der Waals surface area contributed by atoms with E-state index in [0.29, 0.717) is 12.1 Å². The summed E-state index contributed by atoms with van der Waals surface area (Å²) in [4.78, 5) is 11.7. The highest BCUT2D eigenvalue weighted by molar-refractivity contribution is 5.68. The van der Waals surface area contributed by atoms with Gasteiger partial charge in [-0.3, -0.25) is 0 Å². The number of rotatable bonds is 4. The summed E-state index contributed by atoms with van der Waals surface area (Å²) in [6, 6.07) is 1.36. The Morgan fingerprint density at radius 3 is 2.58 bits per heavy atom. The first kappa shape index (κ1) is 14.6. The minimum Gasteiger partial charge on any atom is -0.444 e. The van der Waals surface area contributed by atoms with Crippen molar-refractivity contribution in [3.8, 4) is 0 Å². The number of amides is 1. The molecule has 4 nitrogen and oxygen atoms in total. The molecule has 2 N–H and O–H groups in total. The molecule has 0 heterocycles. The second kappa shape index (κ2) is 5.70. The van der Waals surface area contributed by atoms with Gasteiger partial charge >= 0.3 is 6.09 Å². The lowest BCUT2D eigenvalue weighted by Crippen LogP contribution is -2.40. The van der Waals surface area contributed by atoms with E-state index < -0.39 is 5.60 Å². The summed E-state index contributed by atoms with van der Waals surface area (Å²) in [5, 5.41) is 6.65. The Morgan fingerprint density at radius 1 is 1.21 bits per heavy atom. The average molecular weight is 268 g/mol. The van der Waals surface area contributed by atoms with Gasteiger partial charge < -0.3 is 15.4 Å². The number of carbonyl (C=O) groups is 1. The van der Waals surface area contributed by atoms with Gasteiger partial charge in [-0.25, -0.2) is 4.79 Å². The molecule has 0 aliphatic heterocycles. The molecule has 2 rings (SSSR count). The quantitative estimate of drug-likeness (QED) is 0.824. The summed E-state index contributed by atoms with van der Waals surface area (Å²) in [5.41, 5.74) is -0.416. The highest BCUT2D eigenvalue weighted by atomic mass is 16.6. The highest BCUT2D eigenvalue weighted by Gasteiger charge is 2.42. The third kappa shape index (κ3) is 4.37. The zero-order valence-corrected chi connectivity index (χ0v) is 12.7. The molecule has 1 amide bonds. The first-order chi connectivity index (χ1) is 8.89. The van der Waals surface area contributed by atoms with Gasteiger partial charge in [0.25, 0.3) is 0 Å². The molecular weight excluding hydrogens is 240 g/mol. The van der Waals surface area contributed by atoms with Gasteiger partial charge in [-0.2, -0.15) is 0 Å². The number of alkyl carbamates (subject to hydrolysis) is 1. The maximum absolute atomic E-state index is 11.7. The minimum absolute atomic E-state index is 0.257. The van der Waals surface area contributed by atoms with Crippen LogP contribution in [-0.4, -0.2) is 29.8 Å². The molecule has 0 bridgehead atoms. The van der Waals surface area contributed by atoms with Crippen LogP contribution in [0.5, 0.6) is 0 Å². The molecule has 0 radical (unpaired) electrons. The van der Waals surface area contributed by atoms with Crippen molar-refractivity contribution in [3.63, 3.8) is 0 Å². The Bertz CT molecular complexity index is 325. The van der Waals surface area contributed by atoms with Crippen molar-refractivity contribution in [2.45, 2.75) is 83.5 Å². The van der Waals surface area contributed by atoms with Crippen LogP contribution in [0.15, 0.2) is 0 Å². The van der Waals surface area contributed by atoms with E-state index in [9.17, 15) is 4.79 Å². The Labute approximate surface area is 116 Å². The fraction of sp³-hybridized carbons (Fsp3) is 0.933. The normalized spacial score (nSPS) is 34.1. The van der Waals surface area contributed by atoms with Crippen molar-refractivity contribution < 1.29 is 9.53 Å². The summed E-state index contributed by atoms with van der Waals surface area (Å²) < 4.78 is 5.27. The van der Waals surface area contributed by atoms with Gasteiger partial charge in [0, 0.05) is 18.1 Å². The van der Waals surface area contributed by atoms with Gasteiger partial charge in [-0.15, -0.1) is 0 Å². The standard InChI is InChI=1S/C15H28N2O2/c1-5-10-7-6-8-11(10)16-12-9-13(12)17-14(18)19-15(2,3)4/h10-13,16H,5-9H2,1-4H3,(H,17,18). The van der Waals surface area contributed by atoms with Crippen LogP contribution in [0.1, 0.15) is 59.8 Å². The lowest BCUT2D eigenvalue weighted by molar-refractivity contribution is 0.0521.